The number of halogens is 1. The van der Waals surface area contributed by atoms with Gasteiger partial charge in [0.25, 0.3) is 5.70 Å². The maximum atomic E-state index is 12.5. The fraction of sp³-hybridized carbons (Fsp3) is 0.385. The van der Waals surface area contributed by atoms with Crippen LogP contribution in [0.4, 0.5) is 0 Å². The monoisotopic (exact) mass is 294 g/mol. The van der Waals surface area contributed by atoms with Gasteiger partial charge >= 0.3 is 5.97 Å². The number of carboxylic acids is 1. The number of imidazole rings is 1. The van der Waals surface area contributed by atoms with Crippen molar-refractivity contribution in [3.63, 3.8) is 0 Å². The number of aromatic nitrogens is 2. The number of hydrogen-bond acceptors (Lipinski definition) is 3. The minimum absolute atomic E-state index is 0.0971. The van der Waals surface area contributed by atoms with Crippen molar-refractivity contribution >= 4 is 23.3 Å². The van der Waals surface area contributed by atoms with Crippen molar-refractivity contribution in [1.82, 2.24) is 9.55 Å². The standard InChI is InChI=1S/C13H12ClN3O3/c1-7-10-9(12(18)19)15-6-16(10)8-4-3-5-13(2,14)11(8)17(7)20/h3-4,6-7H,5H2,1-2H3/p+1. The number of hydrogen-bond donors (Lipinski definition) is 1. The van der Waals surface area contributed by atoms with Crippen LogP contribution >= 0.6 is 11.6 Å². The zero-order chi connectivity index (χ0) is 14.7. The highest BCUT2D eigenvalue weighted by atomic mass is 35.5. The van der Waals surface area contributed by atoms with Crippen LogP contribution in [0.1, 0.15) is 42.5 Å². The van der Waals surface area contributed by atoms with E-state index in [9.17, 15) is 14.8 Å². The topological polar surface area (TPSA) is 75.2 Å². The fourth-order valence-corrected chi connectivity index (χ4v) is 3.06. The second-order valence-corrected chi connectivity index (χ2v) is 6.03. The zero-order valence-corrected chi connectivity index (χ0v) is 11.8. The first-order chi connectivity index (χ1) is 9.34. The van der Waals surface area contributed by atoms with Gasteiger partial charge in [-0.15, -0.1) is 11.6 Å². The molecule has 0 aromatic carbocycles. The number of nitroso groups, excluding NO2 is 1. The molecule has 0 radical (unpaired) electrons. The first-order valence-corrected chi connectivity index (χ1v) is 6.60. The molecule has 2 heterocycles. The summed E-state index contributed by atoms with van der Waals surface area (Å²) in [6.45, 7) is 3.44. The lowest BCUT2D eigenvalue weighted by Crippen LogP contribution is -2.36. The van der Waals surface area contributed by atoms with Crippen LogP contribution in [0.3, 0.4) is 0 Å². The number of rotatable bonds is 1. The summed E-state index contributed by atoms with van der Waals surface area (Å²) in [7, 11) is 0. The van der Waals surface area contributed by atoms with Crippen LogP contribution in [-0.4, -0.2) is 30.3 Å². The summed E-state index contributed by atoms with van der Waals surface area (Å²) in [5, 5.41) is 9.18. The van der Waals surface area contributed by atoms with Gasteiger partial charge in [-0.1, -0.05) is 6.08 Å². The SMILES string of the molecule is CC1c2c(C(=O)O)ncn2C2=C([N+]1=O)C(C)(Cl)CC=C2. The number of allylic oxidation sites excluding steroid dienone is 4. The lowest BCUT2D eigenvalue weighted by Gasteiger charge is -2.28. The summed E-state index contributed by atoms with van der Waals surface area (Å²) in [5.41, 5.74) is 1.33. The Balaban J connectivity index is 2.32. The summed E-state index contributed by atoms with van der Waals surface area (Å²) >= 11 is 6.44. The van der Waals surface area contributed by atoms with Crippen molar-refractivity contribution in [2.45, 2.75) is 31.2 Å². The molecule has 104 valence electrons. The van der Waals surface area contributed by atoms with E-state index in [1.54, 1.807) is 24.5 Å². The van der Waals surface area contributed by atoms with Crippen LogP contribution in [-0.2, 0) is 0 Å². The molecule has 3 rings (SSSR count). The minimum atomic E-state index is -1.14. The Bertz CT molecular complexity index is 700. The van der Waals surface area contributed by atoms with Crippen LogP contribution in [0, 0.1) is 4.91 Å². The van der Waals surface area contributed by atoms with Gasteiger partial charge in [0.05, 0.1) is 0 Å². The summed E-state index contributed by atoms with van der Waals surface area (Å²) in [5.74, 6) is -1.14. The quantitative estimate of drug-likeness (QED) is 0.638. The third kappa shape index (κ3) is 1.57. The molecule has 1 aliphatic heterocycles. The van der Waals surface area contributed by atoms with Crippen LogP contribution in [0.15, 0.2) is 24.2 Å². The smallest absolute Gasteiger partial charge is 0.356 e. The van der Waals surface area contributed by atoms with Crippen molar-refractivity contribution in [3.05, 3.63) is 40.5 Å². The summed E-state index contributed by atoms with van der Waals surface area (Å²) in [6, 6.07) is -0.646. The molecule has 0 saturated heterocycles. The molecule has 0 saturated carbocycles. The molecule has 1 aromatic heterocycles. The number of carbonyl (C=O) groups is 1. The van der Waals surface area contributed by atoms with E-state index in [2.05, 4.69) is 4.98 Å². The minimum Gasteiger partial charge on any atom is -0.476 e. The second-order valence-electron chi connectivity index (χ2n) is 5.19. The summed E-state index contributed by atoms with van der Waals surface area (Å²) in [4.78, 5) is 26.8. The number of alkyl halides is 1. The predicted octanol–water partition coefficient (Wildman–Crippen LogP) is 2.56. The van der Waals surface area contributed by atoms with Crippen molar-refractivity contribution in [2.24, 2.45) is 0 Å². The molecular formula is C13H13ClN3O3+. The van der Waals surface area contributed by atoms with E-state index < -0.39 is 16.9 Å². The molecule has 2 unspecified atom stereocenters. The van der Waals surface area contributed by atoms with Crippen LogP contribution in [0.25, 0.3) is 5.70 Å². The first kappa shape index (κ1) is 13.1. The van der Waals surface area contributed by atoms with E-state index >= 15 is 0 Å². The fourth-order valence-electron chi connectivity index (χ4n) is 2.79. The van der Waals surface area contributed by atoms with Crippen LogP contribution in [0.2, 0.25) is 0 Å². The molecule has 7 heteroatoms. The van der Waals surface area contributed by atoms with Gasteiger partial charge in [0.1, 0.15) is 22.6 Å². The summed E-state index contributed by atoms with van der Waals surface area (Å²) in [6.07, 6.45) is 5.64. The predicted molar refractivity (Wildman–Crippen MR) is 72.5 cm³/mol. The van der Waals surface area contributed by atoms with Gasteiger partial charge in [0, 0.05) is 16.6 Å². The Morgan fingerprint density at radius 2 is 2.35 bits per heavy atom. The summed E-state index contributed by atoms with van der Waals surface area (Å²) < 4.78 is 2.45. The lowest BCUT2D eigenvalue weighted by molar-refractivity contribution is -0.549. The van der Waals surface area contributed by atoms with Gasteiger partial charge < -0.3 is 5.11 Å². The molecule has 6 nitrogen and oxygen atoms in total. The molecule has 0 bridgehead atoms. The Morgan fingerprint density at radius 3 is 3.00 bits per heavy atom. The molecule has 1 N–H and O–H groups in total. The first-order valence-electron chi connectivity index (χ1n) is 6.22. The average molecular weight is 295 g/mol. The van der Waals surface area contributed by atoms with Gasteiger partial charge in [-0.05, 0) is 19.4 Å². The molecule has 1 aliphatic carbocycles. The van der Waals surface area contributed by atoms with E-state index in [0.29, 0.717) is 23.5 Å². The highest BCUT2D eigenvalue weighted by Crippen LogP contribution is 2.44. The van der Waals surface area contributed by atoms with Crippen molar-refractivity contribution < 1.29 is 14.7 Å². The van der Waals surface area contributed by atoms with E-state index in [1.165, 1.54) is 6.33 Å². The molecule has 1 aromatic rings. The Morgan fingerprint density at radius 1 is 1.65 bits per heavy atom. The maximum Gasteiger partial charge on any atom is 0.356 e. The number of carboxylic acid groups (broad SMARTS) is 1. The average Bonchev–Trinajstić information content (AvgIpc) is 2.79. The van der Waals surface area contributed by atoms with E-state index in [1.807, 2.05) is 6.08 Å². The van der Waals surface area contributed by atoms with E-state index in [4.69, 9.17) is 11.6 Å². The maximum absolute atomic E-state index is 12.5. The zero-order valence-electron chi connectivity index (χ0n) is 11.0. The molecule has 2 aliphatic rings. The van der Waals surface area contributed by atoms with Gasteiger partial charge in [-0.2, -0.15) is 0 Å². The number of nitrogens with zero attached hydrogens (tertiary/aromatic N) is 3. The van der Waals surface area contributed by atoms with Gasteiger partial charge in [-0.3, -0.25) is 4.57 Å². The van der Waals surface area contributed by atoms with Gasteiger partial charge in [0.2, 0.25) is 6.04 Å². The molecule has 0 fully saturated rings. The lowest BCUT2D eigenvalue weighted by atomic mass is 9.92. The van der Waals surface area contributed by atoms with Gasteiger partial charge in [-0.25, -0.2) is 9.78 Å². The number of fused-ring (bicyclic) bond motifs is 2. The molecule has 0 amide bonds. The highest BCUT2D eigenvalue weighted by molar-refractivity contribution is 6.26. The molecular weight excluding hydrogens is 282 g/mol. The van der Waals surface area contributed by atoms with Crippen molar-refractivity contribution in [3.8, 4) is 0 Å². The van der Waals surface area contributed by atoms with Crippen molar-refractivity contribution in [2.75, 3.05) is 0 Å². The van der Waals surface area contributed by atoms with Crippen molar-refractivity contribution in [1.29, 1.82) is 0 Å². The third-order valence-corrected chi connectivity index (χ3v) is 4.08. The Labute approximate surface area is 119 Å². The molecule has 20 heavy (non-hydrogen) atoms. The van der Waals surface area contributed by atoms with Crippen LogP contribution in [0.5, 0.6) is 0 Å². The highest BCUT2D eigenvalue weighted by Gasteiger charge is 2.50. The second kappa shape index (κ2) is 4.02. The third-order valence-electron chi connectivity index (χ3n) is 3.75. The van der Waals surface area contributed by atoms with Crippen LogP contribution < -0.4 is 0 Å². The number of aromatic carboxylic acids is 1. The Kier molecular flexibility index (Phi) is 2.62. The van der Waals surface area contributed by atoms with E-state index in [-0.39, 0.29) is 5.69 Å². The molecule has 2 atom stereocenters. The van der Waals surface area contributed by atoms with Gasteiger partial charge in [0.15, 0.2) is 5.69 Å². The largest absolute Gasteiger partial charge is 0.476 e. The molecule has 0 spiro atoms. The Hall–Kier alpha value is -1.95. The normalized spacial score (nSPS) is 28.4. The van der Waals surface area contributed by atoms with E-state index in [0.717, 1.165) is 4.76 Å².